The minimum atomic E-state index is -2.91. The van der Waals surface area contributed by atoms with Crippen molar-refractivity contribution >= 4 is 87.6 Å². The monoisotopic (exact) mass is 918 g/mol. The average molecular weight is 920 g/mol. The molecule has 2 saturated heterocycles. The summed E-state index contributed by atoms with van der Waals surface area (Å²) >= 11 is 8.36. The van der Waals surface area contributed by atoms with E-state index in [1.807, 2.05) is 29.6 Å². The molecule has 10 nitrogen and oxygen atoms in total. The van der Waals surface area contributed by atoms with Crippen LogP contribution in [0.25, 0.3) is 42.0 Å². The zero-order valence-electron chi connectivity index (χ0n) is 49.9. The van der Waals surface area contributed by atoms with Gasteiger partial charge in [0.15, 0.2) is 0 Å². The van der Waals surface area contributed by atoms with E-state index >= 15 is 0 Å². The molecule has 0 bridgehead atoms. The maximum atomic E-state index is 11.6. The van der Waals surface area contributed by atoms with Gasteiger partial charge in [-0.05, 0) is 127 Å². The molecule has 0 saturated carbocycles. The number of unbranched alkanes of at least 4 members (excludes halogenated alkanes) is 2. The standard InChI is InChI=1S/C25H27N3O2S.C13H14ClNO2.C12H14N2S/c29-25-9-7-19-6-8-20(18-22(19)26-25)30-16-2-1-11-27-12-14-28(15-13-27)23-4-3-5-24-21(23)10-17-31-24;14-7-1-2-8-17-11-5-3-10-4-6-13(16)15-12(10)9-11;1-2-11(14-7-5-13-6-8-14)10-4-9-15-12(10)3-1/h3-10,17-18H,1-2,11-16H2,(H,26,29);3-6,9H,1-2,7-8H2,(H,15,16);1-4,9,13H,5-8H2/i12D2,13D2,14D2,15D2;;5D2,6D2,7D2,8D2. The second kappa shape index (κ2) is 22.3. The highest BCUT2D eigenvalue weighted by atomic mass is 35.5. The maximum absolute atomic E-state index is 11.6. The number of nitrogens with zero attached hydrogens (tertiary/aromatic N) is 3. The number of nitrogens with one attached hydrogen (secondary N) is 3. The molecule has 0 aliphatic carbocycles. The molecule has 63 heavy (non-hydrogen) atoms. The van der Waals surface area contributed by atoms with Crippen LogP contribution in [0.1, 0.15) is 47.6 Å². The molecule has 8 aromatic rings. The number of pyridine rings is 2. The van der Waals surface area contributed by atoms with Crippen LogP contribution in [0.5, 0.6) is 11.5 Å². The van der Waals surface area contributed by atoms with Gasteiger partial charge >= 0.3 is 0 Å². The number of H-pyrrole nitrogens is 2. The zero-order chi connectivity index (χ0) is 57.6. The van der Waals surface area contributed by atoms with Crippen molar-refractivity contribution in [1.29, 1.82) is 0 Å². The maximum Gasteiger partial charge on any atom is 0.248 e. The number of aromatic amines is 2. The summed E-state index contributed by atoms with van der Waals surface area (Å²) in [6, 6.07) is 30.6. The summed E-state index contributed by atoms with van der Waals surface area (Å²) in [7, 11) is 0. The molecule has 328 valence electrons. The highest BCUT2D eigenvalue weighted by molar-refractivity contribution is 7.17. The molecule has 3 N–H and O–H groups in total. The first-order valence-corrected chi connectivity index (χ1v) is 22.5. The number of aromatic nitrogens is 2. The molecule has 0 atom stereocenters. The summed E-state index contributed by atoms with van der Waals surface area (Å²) < 4.78 is 147. The molecule has 0 radical (unpaired) electrons. The SMILES string of the molecule is O=c1ccc2ccc(OCCCCCl)cc2[nH]1.[2H]C1([2H])N(CCCCOc2ccc3ccc(=O)[nH]c3c2)C([2H])([2H])C([2H])([2H])N(c2cccc3sccc23)C1([2H])[2H].[2H]C1([2H])NC([2H])([2H])C([2H])([2H])N(c2cccc3sccc23)C1([2H])[2H]. The normalized spacial score (nSPS) is 24.5. The van der Waals surface area contributed by atoms with Crippen molar-refractivity contribution in [3.63, 3.8) is 0 Å². The van der Waals surface area contributed by atoms with Crippen molar-refractivity contribution in [2.24, 2.45) is 0 Å². The Balaban J connectivity index is 0.000000173. The summed E-state index contributed by atoms with van der Waals surface area (Å²) in [6.07, 6.45) is 2.50. The van der Waals surface area contributed by atoms with E-state index in [-0.39, 0.29) is 42.1 Å². The Kier molecular flexibility index (Phi) is 10.1. The summed E-state index contributed by atoms with van der Waals surface area (Å²) in [5, 5.41) is 8.31. The first-order valence-electron chi connectivity index (χ1n) is 28.2. The molecule has 0 amide bonds. The summed E-state index contributed by atoms with van der Waals surface area (Å²) in [5.41, 5.74) is 1.32. The molecule has 0 unspecified atom stereocenters. The van der Waals surface area contributed by atoms with Crippen molar-refractivity contribution in [3.8, 4) is 11.5 Å². The Labute approximate surface area is 403 Å². The first kappa shape index (κ1) is 28.4. The number of anilines is 2. The molecule has 2 aliphatic heterocycles. The Morgan fingerprint density at radius 1 is 0.587 bits per heavy atom. The van der Waals surface area contributed by atoms with Gasteiger partial charge in [0.2, 0.25) is 11.1 Å². The lowest BCUT2D eigenvalue weighted by Gasteiger charge is -2.36. The molecule has 0 spiro atoms. The van der Waals surface area contributed by atoms with Gasteiger partial charge in [-0.3, -0.25) is 14.5 Å². The quantitative estimate of drug-likeness (QED) is 0.0776. The van der Waals surface area contributed by atoms with Crippen molar-refractivity contribution < 1.29 is 31.4 Å². The average Bonchev–Trinajstić information content (AvgIpc) is 3.22. The number of benzene rings is 4. The molecular formula is C50H55ClN6O4S2. The second-order valence-corrected chi connectivity index (χ2v) is 16.3. The number of piperazine rings is 2. The van der Waals surface area contributed by atoms with Crippen molar-refractivity contribution in [3.05, 3.63) is 141 Å². The Morgan fingerprint density at radius 2 is 1.10 bits per heavy atom. The van der Waals surface area contributed by atoms with Crippen LogP contribution in [-0.2, 0) is 0 Å². The van der Waals surface area contributed by atoms with Gasteiger partial charge in [0.05, 0.1) is 35.2 Å². The van der Waals surface area contributed by atoms with Crippen LogP contribution in [0.15, 0.2) is 130 Å². The van der Waals surface area contributed by atoms with Crippen LogP contribution in [-0.4, -0.2) is 92.5 Å². The van der Waals surface area contributed by atoms with Crippen molar-refractivity contribution in [2.45, 2.75) is 25.7 Å². The van der Waals surface area contributed by atoms with Gasteiger partial charge in [0.25, 0.3) is 0 Å². The number of halogens is 1. The Bertz CT molecular complexity index is 3530. The van der Waals surface area contributed by atoms with Gasteiger partial charge in [-0.1, -0.05) is 12.1 Å². The fraction of sp³-hybridized carbons (Fsp3) is 0.320. The predicted octanol–water partition coefficient (Wildman–Crippen LogP) is 9.96. The summed E-state index contributed by atoms with van der Waals surface area (Å²) in [5.74, 6) is 1.96. The fourth-order valence-electron chi connectivity index (χ4n) is 6.59. The van der Waals surface area contributed by atoms with E-state index in [2.05, 4.69) is 9.97 Å². The Hall–Kier alpha value is -5.37. The first-order chi connectivity index (χ1) is 37.0. The van der Waals surface area contributed by atoms with Crippen LogP contribution < -0.4 is 35.7 Å². The number of hydrogen-bond acceptors (Lipinski definition) is 10. The molecule has 10 rings (SSSR count). The van der Waals surface area contributed by atoms with Crippen molar-refractivity contribution in [2.75, 3.05) is 87.4 Å². The number of fused-ring (bicyclic) bond motifs is 4. The highest BCUT2D eigenvalue weighted by Crippen LogP contribution is 2.32. The lowest BCUT2D eigenvalue weighted by molar-refractivity contribution is 0.239. The zero-order valence-corrected chi connectivity index (χ0v) is 36.3. The number of ether oxygens (including phenoxy) is 2. The van der Waals surface area contributed by atoms with Gasteiger partial charge in [0, 0.05) is 125 Å². The molecule has 4 aromatic carbocycles. The van der Waals surface area contributed by atoms with E-state index in [9.17, 15) is 9.59 Å². The largest absolute Gasteiger partial charge is 0.494 e. The van der Waals surface area contributed by atoms with Gasteiger partial charge < -0.3 is 34.6 Å². The smallest absolute Gasteiger partial charge is 0.248 e. The lowest BCUT2D eigenvalue weighted by atomic mass is 10.2. The molecule has 2 aliphatic rings. The Morgan fingerprint density at radius 3 is 1.63 bits per heavy atom. The third-order valence-electron chi connectivity index (χ3n) is 9.72. The van der Waals surface area contributed by atoms with Crippen LogP contribution in [0.4, 0.5) is 11.4 Å². The van der Waals surface area contributed by atoms with Gasteiger partial charge in [0.1, 0.15) is 11.5 Å². The van der Waals surface area contributed by atoms with E-state index < -0.39 is 52.0 Å². The fourth-order valence-corrected chi connectivity index (χ4v) is 8.39. The number of alkyl halides is 1. The van der Waals surface area contributed by atoms with E-state index in [0.29, 0.717) is 55.6 Å². The lowest BCUT2D eigenvalue weighted by Crippen LogP contribution is -2.46. The van der Waals surface area contributed by atoms with E-state index in [0.717, 1.165) is 44.3 Å². The molecule has 4 aromatic heterocycles. The molecular weight excluding hydrogens is 848 g/mol. The number of thiophene rings is 2. The van der Waals surface area contributed by atoms with Gasteiger partial charge in [-0.25, -0.2) is 0 Å². The van der Waals surface area contributed by atoms with Crippen LogP contribution in [0, 0.1) is 0 Å². The second-order valence-electron chi connectivity index (χ2n) is 14.0. The van der Waals surface area contributed by atoms with E-state index in [4.69, 9.17) is 43.0 Å². The summed E-state index contributed by atoms with van der Waals surface area (Å²) in [6.45, 7) is -22.1. The van der Waals surface area contributed by atoms with Crippen LogP contribution >= 0.6 is 34.3 Å². The highest BCUT2D eigenvalue weighted by Gasteiger charge is 2.19. The van der Waals surface area contributed by atoms with E-state index in [1.165, 1.54) is 46.9 Å². The van der Waals surface area contributed by atoms with Crippen LogP contribution in [0.3, 0.4) is 0 Å². The minimum Gasteiger partial charge on any atom is -0.494 e. The molecule has 13 heteroatoms. The van der Waals surface area contributed by atoms with Crippen LogP contribution in [0.2, 0.25) is 0 Å². The number of hydrogen-bond donors (Lipinski definition) is 3. The predicted molar refractivity (Wildman–Crippen MR) is 267 cm³/mol. The number of rotatable bonds is 13. The van der Waals surface area contributed by atoms with E-state index in [1.54, 1.807) is 71.4 Å². The topological polar surface area (TPSA) is 106 Å². The van der Waals surface area contributed by atoms with Gasteiger partial charge in [-0.15, -0.1) is 34.3 Å². The third-order valence-corrected chi connectivity index (χ3v) is 11.7. The molecule has 2 fully saturated rings. The minimum absolute atomic E-state index is 0.0984. The molecule has 6 heterocycles. The summed E-state index contributed by atoms with van der Waals surface area (Å²) in [4.78, 5) is 30.1. The third kappa shape index (κ3) is 12.0. The van der Waals surface area contributed by atoms with Crippen molar-refractivity contribution in [1.82, 2.24) is 20.2 Å². The van der Waals surface area contributed by atoms with Gasteiger partial charge in [-0.2, -0.15) is 0 Å².